The SMILES string of the molecule is CCCCCNc1cc(C(=O)O)ccc1[N+](=O)[O-]. The van der Waals surface area contributed by atoms with Gasteiger partial charge in [0.05, 0.1) is 10.5 Å². The third-order valence-electron chi connectivity index (χ3n) is 2.54. The molecule has 0 spiro atoms. The van der Waals surface area contributed by atoms with Crippen molar-refractivity contribution in [3.8, 4) is 0 Å². The van der Waals surface area contributed by atoms with Crippen LogP contribution in [-0.2, 0) is 0 Å². The number of nitro groups is 1. The summed E-state index contributed by atoms with van der Waals surface area (Å²) in [6, 6.07) is 3.75. The minimum Gasteiger partial charge on any atom is -0.478 e. The molecule has 1 aromatic rings. The van der Waals surface area contributed by atoms with E-state index in [4.69, 9.17) is 5.11 Å². The molecule has 0 aliphatic carbocycles. The van der Waals surface area contributed by atoms with Crippen LogP contribution >= 0.6 is 0 Å². The van der Waals surface area contributed by atoms with Crippen molar-refractivity contribution < 1.29 is 14.8 Å². The van der Waals surface area contributed by atoms with Gasteiger partial charge in [-0.05, 0) is 18.6 Å². The molecule has 0 aliphatic heterocycles. The molecular formula is C12H16N2O4. The van der Waals surface area contributed by atoms with Gasteiger partial charge in [-0.3, -0.25) is 10.1 Å². The van der Waals surface area contributed by atoms with E-state index >= 15 is 0 Å². The van der Waals surface area contributed by atoms with Gasteiger partial charge < -0.3 is 10.4 Å². The van der Waals surface area contributed by atoms with Crippen molar-refractivity contribution in [2.24, 2.45) is 0 Å². The first-order chi connectivity index (χ1) is 8.56. The van der Waals surface area contributed by atoms with Gasteiger partial charge in [0.1, 0.15) is 5.69 Å². The number of carbonyl (C=O) groups is 1. The van der Waals surface area contributed by atoms with Crippen LogP contribution in [0.15, 0.2) is 18.2 Å². The molecule has 0 radical (unpaired) electrons. The van der Waals surface area contributed by atoms with Crippen LogP contribution in [0.5, 0.6) is 0 Å². The Morgan fingerprint density at radius 1 is 1.44 bits per heavy atom. The Labute approximate surface area is 105 Å². The summed E-state index contributed by atoms with van der Waals surface area (Å²) in [7, 11) is 0. The minimum atomic E-state index is -1.10. The normalized spacial score (nSPS) is 10.1. The molecule has 1 aromatic carbocycles. The van der Waals surface area contributed by atoms with Crippen molar-refractivity contribution in [1.82, 2.24) is 0 Å². The molecule has 0 atom stereocenters. The molecule has 1 rings (SSSR count). The lowest BCUT2D eigenvalue weighted by atomic mass is 10.1. The van der Waals surface area contributed by atoms with E-state index in [0.717, 1.165) is 19.3 Å². The Kier molecular flexibility index (Phi) is 5.10. The van der Waals surface area contributed by atoms with Crippen LogP contribution in [0.2, 0.25) is 0 Å². The van der Waals surface area contributed by atoms with Gasteiger partial charge in [0.25, 0.3) is 5.69 Å². The van der Waals surface area contributed by atoms with E-state index in [1.54, 1.807) is 0 Å². The fraction of sp³-hybridized carbons (Fsp3) is 0.417. The highest BCUT2D eigenvalue weighted by atomic mass is 16.6. The first-order valence-corrected chi connectivity index (χ1v) is 5.82. The van der Waals surface area contributed by atoms with E-state index in [0.29, 0.717) is 6.54 Å². The van der Waals surface area contributed by atoms with E-state index < -0.39 is 10.9 Å². The summed E-state index contributed by atoms with van der Waals surface area (Å²) in [5.41, 5.74) is 0.200. The number of rotatable bonds is 7. The molecular weight excluding hydrogens is 236 g/mol. The highest BCUT2D eigenvalue weighted by molar-refractivity contribution is 5.90. The Balaban J connectivity index is 2.86. The Morgan fingerprint density at radius 3 is 2.72 bits per heavy atom. The zero-order valence-corrected chi connectivity index (χ0v) is 10.2. The largest absolute Gasteiger partial charge is 0.478 e. The second-order valence-corrected chi connectivity index (χ2v) is 3.93. The summed E-state index contributed by atoms with van der Waals surface area (Å²) in [4.78, 5) is 21.1. The molecule has 98 valence electrons. The molecule has 0 amide bonds. The number of hydrogen-bond donors (Lipinski definition) is 2. The quantitative estimate of drug-likeness (QED) is 0.442. The van der Waals surface area contributed by atoms with Crippen LogP contribution in [0.1, 0.15) is 36.5 Å². The second-order valence-electron chi connectivity index (χ2n) is 3.93. The maximum absolute atomic E-state index is 10.8. The highest BCUT2D eigenvalue weighted by Crippen LogP contribution is 2.25. The zero-order valence-electron chi connectivity index (χ0n) is 10.2. The van der Waals surface area contributed by atoms with Crippen LogP contribution in [0.4, 0.5) is 11.4 Å². The van der Waals surface area contributed by atoms with Crippen molar-refractivity contribution in [2.45, 2.75) is 26.2 Å². The third kappa shape index (κ3) is 3.73. The Bertz CT molecular complexity index is 446. The third-order valence-corrected chi connectivity index (χ3v) is 2.54. The van der Waals surface area contributed by atoms with E-state index in [-0.39, 0.29) is 16.9 Å². The summed E-state index contributed by atoms with van der Waals surface area (Å²) in [6.07, 6.45) is 2.98. The predicted molar refractivity (Wildman–Crippen MR) is 68.1 cm³/mol. The molecule has 0 bridgehead atoms. The molecule has 0 aliphatic rings. The topological polar surface area (TPSA) is 92.5 Å². The molecule has 0 fully saturated rings. The number of carboxylic acids is 1. The number of benzene rings is 1. The van der Waals surface area contributed by atoms with Gasteiger partial charge in [-0.25, -0.2) is 4.79 Å². The van der Waals surface area contributed by atoms with Gasteiger partial charge in [0.2, 0.25) is 0 Å². The summed E-state index contributed by atoms with van der Waals surface area (Å²) in [5, 5.41) is 22.6. The van der Waals surface area contributed by atoms with Crippen molar-refractivity contribution in [3.05, 3.63) is 33.9 Å². The summed E-state index contributed by atoms with van der Waals surface area (Å²) in [5.74, 6) is -1.10. The number of aromatic carboxylic acids is 1. The van der Waals surface area contributed by atoms with Gasteiger partial charge >= 0.3 is 5.97 Å². The average molecular weight is 252 g/mol. The van der Waals surface area contributed by atoms with Gasteiger partial charge in [-0.2, -0.15) is 0 Å². The number of nitro benzene ring substituents is 1. The molecule has 6 heteroatoms. The van der Waals surface area contributed by atoms with Crippen LogP contribution in [0.3, 0.4) is 0 Å². The van der Waals surface area contributed by atoms with Gasteiger partial charge in [-0.1, -0.05) is 19.8 Å². The van der Waals surface area contributed by atoms with Crippen molar-refractivity contribution in [1.29, 1.82) is 0 Å². The van der Waals surface area contributed by atoms with Crippen molar-refractivity contribution in [3.63, 3.8) is 0 Å². The Morgan fingerprint density at radius 2 is 2.17 bits per heavy atom. The molecule has 0 aromatic heterocycles. The molecule has 0 saturated heterocycles. The number of nitrogens with zero attached hydrogens (tertiary/aromatic N) is 1. The fourth-order valence-electron chi connectivity index (χ4n) is 1.57. The smallest absolute Gasteiger partial charge is 0.335 e. The molecule has 0 saturated carbocycles. The summed E-state index contributed by atoms with van der Waals surface area (Å²) in [6.45, 7) is 2.66. The molecule has 0 heterocycles. The van der Waals surface area contributed by atoms with Gasteiger partial charge in [0, 0.05) is 12.6 Å². The molecule has 2 N–H and O–H groups in total. The maximum Gasteiger partial charge on any atom is 0.335 e. The predicted octanol–water partition coefficient (Wildman–Crippen LogP) is 2.90. The summed E-state index contributed by atoms with van der Waals surface area (Å²) < 4.78 is 0. The monoisotopic (exact) mass is 252 g/mol. The molecule has 6 nitrogen and oxygen atoms in total. The number of carboxylic acid groups (broad SMARTS) is 1. The van der Waals surface area contributed by atoms with Crippen LogP contribution in [-0.4, -0.2) is 22.5 Å². The van der Waals surface area contributed by atoms with Crippen molar-refractivity contribution >= 4 is 17.3 Å². The van der Waals surface area contributed by atoms with Crippen LogP contribution in [0, 0.1) is 10.1 Å². The zero-order chi connectivity index (χ0) is 13.5. The number of hydrogen-bond acceptors (Lipinski definition) is 4. The molecule has 18 heavy (non-hydrogen) atoms. The lowest BCUT2D eigenvalue weighted by Gasteiger charge is -2.07. The van der Waals surface area contributed by atoms with Gasteiger partial charge in [-0.15, -0.1) is 0 Å². The van der Waals surface area contributed by atoms with Crippen LogP contribution in [0.25, 0.3) is 0 Å². The van der Waals surface area contributed by atoms with E-state index in [1.807, 2.05) is 0 Å². The highest BCUT2D eigenvalue weighted by Gasteiger charge is 2.15. The minimum absolute atomic E-state index is 0.0404. The molecule has 0 unspecified atom stereocenters. The second kappa shape index (κ2) is 6.58. The van der Waals surface area contributed by atoms with Crippen molar-refractivity contribution in [2.75, 3.05) is 11.9 Å². The summed E-state index contributed by atoms with van der Waals surface area (Å²) >= 11 is 0. The Hall–Kier alpha value is -2.11. The van der Waals surface area contributed by atoms with E-state index in [1.165, 1.54) is 18.2 Å². The number of nitrogens with one attached hydrogen (secondary N) is 1. The lowest BCUT2D eigenvalue weighted by molar-refractivity contribution is -0.384. The van der Waals surface area contributed by atoms with Crippen LogP contribution < -0.4 is 5.32 Å². The first kappa shape index (κ1) is 14.0. The fourth-order valence-corrected chi connectivity index (χ4v) is 1.57. The maximum atomic E-state index is 10.8. The number of unbranched alkanes of at least 4 members (excludes halogenated alkanes) is 2. The van der Waals surface area contributed by atoms with Gasteiger partial charge in [0.15, 0.2) is 0 Å². The first-order valence-electron chi connectivity index (χ1n) is 5.82. The lowest BCUT2D eigenvalue weighted by Crippen LogP contribution is -2.06. The standard InChI is InChI=1S/C12H16N2O4/c1-2-3-4-7-13-10-8-9(12(15)16)5-6-11(10)14(17)18/h5-6,8,13H,2-4,7H2,1H3,(H,15,16). The number of anilines is 1. The van der Waals surface area contributed by atoms with E-state index in [2.05, 4.69) is 12.2 Å². The van der Waals surface area contributed by atoms with E-state index in [9.17, 15) is 14.9 Å². The average Bonchev–Trinajstić information content (AvgIpc) is 2.34.